The molecule has 0 aliphatic carbocycles. The fourth-order valence-electron chi connectivity index (χ4n) is 7.13. The van der Waals surface area contributed by atoms with Gasteiger partial charge in [-0.3, -0.25) is 0 Å². The number of nitrogens with zero attached hydrogens (tertiary/aromatic N) is 3. The summed E-state index contributed by atoms with van der Waals surface area (Å²) in [6.45, 7) is 0. The molecule has 50 heavy (non-hydrogen) atoms. The minimum absolute atomic E-state index is 0.695. The minimum atomic E-state index is 0.695. The van der Waals surface area contributed by atoms with Gasteiger partial charge in [-0.1, -0.05) is 109 Å². The minimum Gasteiger partial charge on any atom is -0.456 e. The number of fused-ring (bicyclic) bond motifs is 17. The van der Waals surface area contributed by atoms with E-state index in [4.69, 9.17) is 14.4 Å². The second-order valence-corrected chi connectivity index (χ2v) is 12.7. The summed E-state index contributed by atoms with van der Waals surface area (Å²) in [5.41, 5.74) is 14.2. The molecule has 1 aliphatic rings. The molecule has 1 aliphatic heterocycles. The summed E-state index contributed by atoms with van der Waals surface area (Å²) in [7, 11) is 0. The number of benzene rings is 7. The van der Waals surface area contributed by atoms with E-state index in [9.17, 15) is 0 Å². The number of anilines is 3. The van der Waals surface area contributed by atoms with E-state index in [0.717, 1.165) is 89.3 Å². The van der Waals surface area contributed by atoms with Gasteiger partial charge in [0.15, 0.2) is 5.82 Å². The van der Waals surface area contributed by atoms with Gasteiger partial charge in [-0.15, -0.1) is 0 Å². The van der Waals surface area contributed by atoms with Gasteiger partial charge in [0, 0.05) is 44.5 Å². The average molecular weight is 640 g/mol. The topological polar surface area (TPSA) is 42.2 Å². The van der Waals surface area contributed by atoms with Crippen molar-refractivity contribution < 1.29 is 4.42 Å². The number of furan rings is 1. The first kappa shape index (κ1) is 28.3. The van der Waals surface area contributed by atoms with Gasteiger partial charge < -0.3 is 9.32 Å². The van der Waals surface area contributed by atoms with Crippen LogP contribution in [-0.2, 0) is 0 Å². The third kappa shape index (κ3) is 4.85. The van der Waals surface area contributed by atoms with Crippen molar-refractivity contribution in [2.75, 3.05) is 4.90 Å². The predicted molar refractivity (Wildman–Crippen MR) is 205 cm³/mol. The van der Waals surface area contributed by atoms with E-state index in [1.165, 1.54) is 0 Å². The molecule has 10 rings (SSSR count). The number of hydrogen-bond donors (Lipinski definition) is 0. The first-order chi connectivity index (χ1) is 24.7. The molecule has 0 unspecified atom stereocenters. The Balaban J connectivity index is 1.23. The smallest absolute Gasteiger partial charge is 0.160 e. The number of aromatic nitrogens is 2. The van der Waals surface area contributed by atoms with E-state index >= 15 is 0 Å². The summed E-state index contributed by atoms with van der Waals surface area (Å²) in [4.78, 5) is 12.6. The standard InChI is InChI=1S/C46H29N3O/c1-2-10-30(11-3-1)42-29-43-35-16-6-12-31(24-35)33-14-8-18-37(26-33)49(39-22-23-45-41(28-39)40-20-4-5-21-44(40)50-45)38-19-9-15-34(27-38)32-13-7-17-36(25-32)46(47-42)48-43/h1-29H. The molecule has 0 spiro atoms. The number of para-hydroxylation sites is 1. The molecule has 7 aromatic carbocycles. The highest BCUT2D eigenvalue weighted by Gasteiger charge is 2.18. The molecular weight excluding hydrogens is 611 g/mol. The highest BCUT2D eigenvalue weighted by atomic mass is 16.3. The molecule has 3 heterocycles. The van der Waals surface area contributed by atoms with Crippen LogP contribution in [0.25, 0.3) is 78.1 Å². The molecule has 0 fully saturated rings. The maximum atomic E-state index is 6.21. The van der Waals surface area contributed by atoms with Crippen molar-refractivity contribution in [3.05, 3.63) is 176 Å². The Kier molecular flexibility index (Phi) is 6.46. The van der Waals surface area contributed by atoms with Crippen molar-refractivity contribution in [2.24, 2.45) is 0 Å². The molecule has 2 aromatic heterocycles. The molecule has 9 aromatic rings. The van der Waals surface area contributed by atoms with Gasteiger partial charge in [-0.25, -0.2) is 9.97 Å². The van der Waals surface area contributed by atoms with Gasteiger partial charge in [-0.05, 0) is 89.0 Å². The first-order valence-corrected chi connectivity index (χ1v) is 16.8. The molecule has 10 bridgehead atoms. The van der Waals surface area contributed by atoms with Gasteiger partial charge in [0.1, 0.15) is 11.2 Å². The monoisotopic (exact) mass is 639 g/mol. The predicted octanol–water partition coefficient (Wildman–Crippen LogP) is 12.5. The van der Waals surface area contributed by atoms with Crippen LogP contribution in [0.3, 0.4) is 0 Å². The lowest BCUT2D eigenvalue weighted by Crippen LogP contribution is -2.10. The normalized spacial score (nSPS) is 12.0. The summed E-state index contributed by atoms with van der Waals surface area (Å²) in [5, 5.41) is 2.20. The summed E-state index contributed by atoms with van der Waals surface area (Å²) < 4.78 is 6.21. The highest BCUT2D eigenvalue weighted by molar-refractivity contribution is 6.06. The maximum absolute atomic E-state index is 6.21. The fraction of sp³-hybridized carbons (Fsp3) is 0. The van der Waals surface area contributed by atoms with Gasteiger partial charge in [0.05, 0.1) is 11.4 Å². The Morgan fingerprint density at radius 2 is 0.860 bits per heavy atom. The summed E-state index contributed by atoms with van der Waals surface area (Å²) >= 11 is 0. The van der Waals surface area contributed by atoms with Crippen molar-refractivity contribution in [3.8, 4) is 56.2 Å². The van der Waals surface area contributed by atoms with E-state index < -0.39 is 0 Å². The van der Waals surface area contributed by atoms with Crippen LogP contribution < -0.4 is 4.90 Å². The zero-order valence-electron chi connectivity index (χ0n) is 27.0. The van der Waals surface area contributed by atoms with E-state index in [2.05, 4.69) is 163 Å². The Labute approximate surface area is 289 Å². The summed E-state index contributed by atoms with van der Waals surface area (Å²) in [6.07, 6.45) is 0. The lowest BCUT2D eigenvalue weighted by atomic mass is 9.98. The molecule has 4 nitrogen and oxygen atoms in total. The Morgan fingerprint density at radius 3 is 1.60 bits per heavy atom. The van der Waals surface area contributed by atoms with Gasteiger partial charge >= 0.3 is 0 Å². The van der Waals surface area contributed by atoms with E-state index in [-0.39, 0.29) is 0 Å². The Hall–Kier alpha value is -6.78. The van der Waals surface area contributed by atoms with Crippen LogP contribution >= 0.6 is 0 Å². The largest absolute Gasteiger partial charge is 0.456 e. The van der Waals surface area contributed by atoms with Gasteiger partial charge in [-0.2, -0.15) is 0 Å². The van der Waals surface area contributed by atoms with E-state index in [1.54, 1.807) is 0 Å². The first-order valence-electron chi connectivity index (χ1n) is 16.8. The van der Waals surface area contributed by atoms with Gasteiger partial charge in [0.25, 0.3) is 0 Å². The van der Waals surface area contributed by atoms with Crippen LogP contribution in [0.1, 0.15) is 0 Å². The van der Waals surface area contributed by atoms with Crippen LogP contribution in [0, 0.1) is 0 Å². The lowest BCUT2D eigenvalue weighted by molar-refractivity contribution is 0.669. The van der Waals surface area contributed by atoms with E-state index in [1.807, 2.05) is 18.2 Å². The number of rotatable bonds is 2. The van der Waals surface area contributed by atoms with Gasteiger partial charge in [0.2, 0.25) is 0 Å². The molecule has 234 valence electrons. The van der Waals surface area contributed by atoms with Crippen LogP contribution in [0.2, 0.25) is 0 Å². The van der Waals surface area contributed by atoms with Crippen molar-refractivity contribution in [2.45, 2.75) is 0 Å². The fourth-order valence-corrected chi connectivity index (χ4v) is 7.13. The molecule has 4 heteroatoms. The van der Waals surface area contributed by atoms with Crippen molar-refractivity contribution >= 4 is 39.0 Å². The Bertz CT molecular complexity index is 2620. The summed E-state index contributed by atoms with van der Waals surface area (Å²) in [5.74, 6) is 0.695. The molecule has 0 N–H and O–H groups in total. The zero-order chi connectivity index (χ0) is 33.0. The highest BCUT2D eigenvalue weighted by Crippen LogP contribution is 2.42. The van der Waals surface area contributed by atoms with Crippen LogP contribution in [-0.4, -0.2) is 9.97 Å². The Morgan fingerprint density at radius 1 is 0.340 bits per heavy atom. The SMILES string of the molecule is c1ccc(-c2cc3nc(n2)-c2cccc(c2)-c2cccc(c2)N(c2ccc4oc5ccccc5c4c2)c2cccc(c2)-c2cccc-3c2)cc1. The maximum Gasteiger partial charge on any atom is 0.160 e. The molecule has 0 saturated heterocycles. The zero-order valence-corrected chi connectivity index (χ0v) is 27.0. The number of hydrogen-bond acceptors (Lipinski definition) is 4. The second kappa shape index (κ2) is 11.4. The molecule has 0 amide bonds. The van der Waals surface area contributed by atoms with E-state index in [0.29, 0.717) is 5.82 Å². The average Bonchev–Trinajstić information content (AvgIpc) is 3.56. The van der Waals surface area contributed by atoms with Crippen molar-refractivity contribution in [1.29, 1.82) is 0 Å². The third-order valence-corrected chi connectivity index (χ3v) is 9.57. The van der Waals surface area contributed by atoms with Crippen molar-refractivity contribution in [1.82, 2.24) is 9.97 Å². The third-order valence-electron chi connectivity index (χ3n) is 9.57. The summed E-state index contributed by atoms with van der Waals surface area (Å²) in [6, 6.07) is 61.9. The van der Waals surface area contributed by atoms with Crippen LogP contribution in [0.15, 0.2) is 180 Å². The molecule has 0 radical (unpaired) electrons. The lowest BCUT2D eigenvalue weighted by Gasteiger charge is -2.27. The molecule has 0 atom stereocenters. The van der Waals surface area contributed by atoms with Crippen LogP contribution in [0.5, 0.6) is 0 Å². The van der Waals surface area contributed by atoms with Crippen LogP contribution in [0.4, 0.5) is 17.1 Å². The molecular formula is C46H29N3O. The van der Waals surface area contributed by atoms with Crippen molar-refractivity contribution in [3.63, 3.8) is 0 Å². The quantitative estimate of drug-likeness (QED) is 0.189. The molecule has 0 saturated carbocycles. The second-order valence-electron chi connectivity index (χ2n) is 12.7.